The van der Waals surface area contributed by atoms with Crippen LogP contribution in [0.4, 0.5) is 0 Å². The molecule has 1 fully saturated rings. The van der Waals surface area contributed by atoms with Crippen LogP contribution in [0.2, 0.25) is 16.6 Å². The zero-order valence-electron chi connectivity index (χ0n) is 23.6. The molecule has 0 aromatic heterocycles. The summed E-state index contributed by atoms with van der Waals surface area (Å²) in [6, 6.07) is 16.3. The first-order valence-electron chi connectivity index (χ1n) is 14.2. The Morgan fingerprint density at radius 1 is 0.973 bits per heavy atom. The molecular formula is C31H47NO4Si. The molecule has 2 aromatic rings. The fraction of sp³-hybridized carbons (Fsp3) is 0.613. The van der Waals surface area contributed by atoms with Gasteiger partial charge in [0.25, 0.3) is 8.32 Å². The smallest absolute Gasteiger partial charge is 0.258 e. The molecule has 5 nitrogen and oxygen atoms in total. The molecule has 0 unspecified atom stereocenters. The number of hydrogen-bond donors (Lipinski definition) is 2. The molecular weight excluding hydrogens is 478 g/mol. The molecule has 2 aliphatic rings. The predicted octanol–water partition coefficient (Wildman–Crippen LogP) is 6.50. The minimum absolute atomic E-state index is 0.103. The average Bonchev–Trinajstić information content (AvgIpc) is 2.87. The fourth-order valence-electron chi connectivity index (χ4n) is 6.83. The van der Waals surface area contributed by atoms with Crippen LogP contribution in [0.3, 0.4) is 0 Å². The third-order valence-corrected chi connectivity index (χ3v) is 15.0. The summed E-state index contributed by atoms with van der Waals surface area (Å²) in [6.07, 6.45) is 2.48. The highest BCUT2D eigenvalue weighted by Gasteiger charge is 2.47. The van der Waals surface area contributed by atoms with Crippen molar-refractivity contribution in [3.8, 4) is 11.5 Å². The number of hydrogen-bond acceptors (Lipinski definition) is 5. The van der Waals surface area contributed by atoms with E-state index in [0.29, 0.717) is 23.2 Å². The van der Waals surface area contributed by atoms with Crippen molar-refractivity contribution in [2.75, 3.05) is 19.7 Å². The molecule has 0 spiro atoms. The molecule has 2 N–H and O–H groups in total. The maximum absolute atomic E-state index is 11.3. The van der Waals surface area contributed by atoms with Crippen molar-refractivity contribution >= 4 is 8.32 Å². The lowest BCUT2D eigenvalue weighted by Gasteiger charge is -2.45. The molecule has 2 aromatic carbocycles. The van der Waals surface area contributed by atoms with Crippen LogP contribution in [0, 0.1) is 0 Å². The van der Waals surface area contributed by atoms with E-state index in [2.05, 4.69) is 70.7 Å². The van der Waals surface area contributed by atoms with Crippen LogP contribution in [0.15, 0.2) is 48.5 Å². The van der Waals surface area contributed by atoms with Crippen molar-refractivity contribution in [1.82, 2.24) is 4.90 Å². The number of ether oxygens (including phenoxy) is 1. The number of rotatable bonds is 9. The standard InChI is InChI=1S/C31H47NO4Si/c1-22(2)37(23(3)4,24(5)6)36-26-12-13-27-29(20-26)35-21-28(30(27)33)32-18-16-31(34,17-19-32)15-14-25-10-8-7-9-11-25/h7-13,20,22-24,28,30,33-34H,14-19,21H2,1-6H3/t28-,30+/m0/s1. The number of piperidine rings is 1. The zero-order chi connectivity index (χ0) is 26.8. The van der Waals surface area contributed by atoms with Crippen LogP contribution in [-0.2, 0) is 6.42 Å². The average molecular weight is 526 g/mol. The van der Waals surface area contributed by atoms with Gasteiger partial charge in [-0.2, -0.15) is 0 Å². The normalized spacial score (nSPS) is 22.2. The van der Waals surface area contributed by atoms with Gasteiger partial charge in [-0.15, -0.1) is 0 Å². The van der Waals surface area contributed by atoms with Crippen LogP contribution in [0.25, 0.3) is 0 Å². The van der Waals surface area contributed by atoms with E-state index in [1.54, 1.807) is 0 Å². The fourth-order valence-corrected chi connectivity index (χ4v) is 12.1. The molecule has 2 atom stereocenters. The molecule has 0 radical (unpaired) electrons. The predicted molar refractivity (Wildman–Crippen MR) is 153 cm³/mol. The first-order chi connectivity index (χ1) is 17.6. The van der Waals surface area contributed by atoms with Gasteiger partial charge in [0.05, 0.1) is 11.6 Å². The highest BCUT2D eigenvalue weighted by Crippen LogP contribution is 2.45. The summed E-state index contributed by atoms with van der Waals surface area (Å²) in [6.45, 7) is 15.7. The first kappa shape index (κ1) is 28.2. The highest BCUT2D eigenvalue weighted by molar-refractivity contribution is 6.78. The Morgan fingerprint density at radius 3 is 2.19 bits per heavy atom. The maximum Gasteiger partial charge on any atom is 0.258 e. The molecule has 37 heavy (non-hydrogen) atoms. The molecule has 204 valence electrons. The third kappa shape index (κ3) is 5.93. The van der Waals surface area contributed by atoms with Gasteiger partial charge >= 0.3 is 0 Å². The van der Waals surface area contributed by atoms with Crippen LogP contribution in [0.1, 0.15) is 78.0 Å². The summed E-state index contributed by atoms with van der Waals surface area (Å²) in [4.78, 5) is 2.29. The summed E-state index contributed by atoms with van der Waals surface area (Å²) in [7, 11) is -2.06. The second kappa shape index (κ2) is 11.5. The summed E-state index contributed by atoms with van der Waals surface area (Å²) in [5, 5.41) is 22.5. The SMILES string of the molecule is CC(C)[Si](Oc1ccc2c(c1)OC[C@H](N1CCC(O)(CCc3ccccc3)CC1)[C@@H]2O)(C(C)C)C(C)C. The van der Waals surface area contributed by atoms with Crippen LogP contribution < -0.4 is 9.16 Å². The van der Waals surface area contributed by atoms with E-state index in [1.807, 2.05) is 24.3 Å². The zero-order valence-corrected chi connectivity index (χ0v) is 24.6. The van der Waals surface area contributed by atoms with Gasteiger partial charge in [0.1, 0.15) is 24.2 Å². The Hall–Kier alpha value is -1.86. The van der Waals surface area contributed by atoms with E-state index in [1.165, 1.54) is 5.56 Å². The minimum Gasteiger partial charge on any atom is -0.543 e. The Morgan fingerprint density at radius 2 is 1.59 bits per heavy atom. The van der Waals surface area contributed by atoms with Gasteiger partial charge in [-0.05, 0) is 60.0 Å². The number of fused-ring (bicyclic) bond motifs is 1. The monoisotopic (exact) mass is 525 g/mol. The first-order valence-corrected chi connectivity index (χ1v) is 16.3. The lowest BCUT2D eigenvalue weighted by molar-refractivity contribution is -0.0663. The van der Waals surface area contributed by atoms with E-state index in [0.717, 1.165) is 55.8 Å². The maximum atomic E-state index is 11.3. The van der Waals surface area contributed by atoms with Gasteiger partial charge in [0.2, 0.25) is 0 Å². The molecule has 0 bridgehead atoms. The number of aliphatic hydroxyl groups excluding tert-OH is 1. The molecule has 0 amide bonds. The van der Waals surface area contributed by atoms with Gasteiger partial charge in [0.15, 0.2) is 0 Å². The van der Waals surface area contributed by atoms with Crippen LogP contribution >= 0.6 is 0 Å². The van der Waals surface area contributed by atoms with Crippen LogP contribution in [-0.4, -0.2) is 54.8 Å². The number of benzene rings is 2. The quantitative estimate of drug-likeness (QED) is 0.366. The van der Waals surface area contributed by atoms with Crippen molar-refractivity contribution in [3.05, 3.63) is 59.7 Å². The van der Waals surface area contributed by atoms with Crippen molar-refractivity contribution in [2.45, 2.75) is 102 Å². The van der Waals surface area contributed by atoms with E-state index in [9.17, 15) is 10.2 Å². The molecule has 4 rings (SSSR count). The van der Waals surface area contributed by atoms with Gasteiger partial charge < -0.3 is 19.4 Å². The second-order valence-electron chi connectivity index (χ2n) is 12.2. The van der Waals surface area contributed by atoms with Gasteiger partial charge in [-0.1, -0.05) is 71.9 Å². The van der Waals surface area contributed by atoms with Crippen molar-refractivity contribution in [3.63, 3.8) is 0 Å². The third-order valence-electron chi connectivity index (χ3n) is 9.00. The van der Waals surface area contributed by atoms with E-state index >= 15 is 0 Å². The molecule has 2 heterocycles. The van der Waals surface area contributed by atoms with Crippen molar-refractivity contribution < 1.29 is 19.4 Å². The summed E-state index contributed by atoms with van der Waals surface area (Å²) in [5.74, 6) is 1.59. The Kier molecular flexibility index (Phi) is 8.74. The molecule has 2 aliphatic heterocycles. The largest absolute Gasteiger partial charge is 0.543 e. The van der Waals surface area contributed by atoms with Crippen LogP contribution in [0.5, 0.6) is 11.5 Å². The number of aliphatic hydroxyl groups is 2. The minimum atomic E-state index is -2.06. The van der Waals surface area contributed by atoms with Crippen molar-refractivity contribution in [1.29, 1.82) is 0 Å². The molecule has 0 aliphatic carbocycles. The lowest BCUT2D eigenvalue weighted by atomic mass is 9.84. The van der Waals surface area contributed by atoms with E-state index in [-0.39, 0.29) is 6.04 Å². The summed E-state index contributed by atoms with van der Waals surface area (Å²) < 4.78 is 13.1. The number of likely N-dealkylation sites (tertiary alicyclic amines) is 1. The summed E-state index contributed by atoms with van der Waals surface area (Å²) >= 11 is 0. The second-order valence-corrected chi connectivity index (χ2v) is 17.6. The topological polar surface area (TPSA) is 62.2 Å². The van der Waals surface area contributed by atoms with Gasteiger partial charge in [-0.3, -0.25) is 4.90 Å². The number of nitrogens with zero attached hydrogens (tertiary/aromatic N) is 1. The van der Waals surface area contributed by atoms with Crippen molar-refractivity contribution in [2.24, 2.45) is 0 Å². The van der Waals surface area contributed by atoms with E-state index < -0.39 is 20.0 Å². The highest BCUT2D eigenvalue weighted by atomic mass is 28.4. The Labute approximate surface area is 224 Å². The van der Waals surface area contributed by atoms with E-state index in [4.69, 9.17) is 9.16 Å². The molecule has 0 saturated carbocycles. The van der Waals surface area contributed by atoms with Gasteiger partial charge in [-0.25, -0.2) is 0 Å². The Balaban J connectivity index is 1.40. The summed E-state index contributed by atoms with van der Waals surface area (Å²) in [5.41, 5.74) is 2.93. The molecule has 6 heteroatoms. The Bertz CT molecular complexity index is 995. The lowest BCUT2D eigenvalue weighted by Crippen LogP contribution is -2.53. The van der Waals surface area contributed by atoms with Gasteiger partial charge in [0, 0.05) is 24.7 Å². The molecule has 1 saturated heterocycles. The number of aryl methyl sites for hydroxylation is 1.